The number of para-hydroxylation sites is 1. The molecule has 0 amide bonds. The van der Waals surface area contributed by atoms with Crippen molar-refractivity contribution in [3.05, 3.63) is 60.8 Å². The summed E-state index contributed by atoms with van der Waals surface area (Å²) in [4.78, 5) is 2.27. The van der Waals surface area contributed by atoms with Gasteiger partial charge in [0.25, 0.3) is 10.0 Å². The third-order valence-electron chi connectivity index (χ3n) is 3.74. The van der Waals surface area contributed by atoms with Crippen LogP contribution in [-0.4, -0.2) is 44.5 Å². The van der Waals surface area contributed by atoms with E-state index in [1.165, 1.54) is 3.97 Å². The SMILES string of the molecule is CN(C)CCOc1cn(S(=O)(=O)c2ccccc2)c2ccccc12. The van der Waals surface area contributed by atoms with Crippen LogP contribution in [0, 0.1) is 0 Å². The highest BCUT2D eigenvalue weighted by molar-refractivity contribution is 7.90. The van der Waals surface area contributed by atoms with Crippen molar-refractivity contribution in [1.82, 2.24) is 8.87 Å². The van der Waals surface area contributed by atoms with Crippen molar-refractivity contribution < 1.29 is 13.2 Å². The Bertz CT molecular complexity index is 931. The van der Waals surface area contributed by atoms with Crippen molar-refractivity contribution in [2.45, 2.75) is 4.90 Å². The maximum Gasteiger partial charge on any atom is 0.268 e. The summed E-state index contributed by atoms with van der Waals surface area (Å²) < 4.78 is 33.0. The minimum Gasteiger partial charge on any atom is -0.490 e. The molecular weight excluding hydrogens is 324 g/mol. The van der Waals surface area contributed by atoms with Crippen LogP contribution in [0.25, 0.3) is 10.9 Å². The number of hydrogen-bond donors (Lipinski definition) is 0. The third-order valence-corrected chi connectivity index (χ3v) is 5.43. The van der Waals surface area contributed by atoms with Crippen molar-refractivity contribution in [2.24, 2.45) is 0 Å². The van der Waals surface area contributed by atoms with Crippen LogP contribution in [0.1, 0.15) is 0 Å². The van der Waals surface area contributed by atoms with Gasteiger partial charge in [-0.2, -0.15) is 0 Å². The molecular formula is C18H20N2O3S. The van der Waals surface area contributed by atoms with E-state index in [0.29, 0.717) is 17.9 Å². The van der Waals surface area contributed by atoms with Gasteiger partial charge in [0.15, 0.2) is 0 Å². The van der Waals surface area contributed by atoms with E-state index >= 15 is 0 Å². The van der Waals surface area contributed by atoms with Crippen LogP contribution in [0.3, 0.4) is 0 Å². The molecule has 0 fully saturated rings. The summed E-state index contributed by atoms with van der Waals surface area (Å²) >= 11 is 0. The zero-order valence-corrected chi connectivity index (χ0v) is 14.5. The molecule has 0 N–H and O–H groups in total. The van der Waals surface area contributed by atoms with Crippen LogP contribution in [0.4, 0.5) is 0 Å². The quantitative estimate of drug-likeness (QED) is 0.690. The highest BCUT2D eigenvalue weighted by Gasteiger charge is 2.21. The molecule has 24 heavy (non-hydrogen) atoms. The molecule has 0 aliphatic rings. The van der Waals surface area contributed by atoms with E-state index in [-0.39, 0.29) is 4.90 Å². The lowest BCUT2D eigenvalue weighted by molar-refractivity contribution is 0.263. The molecule has 0 aliphatic heterocycles. The standard InChI is InChI=1S/C18H20N2O3S/c1-19(2)12-13-23-18-14-20(17-11-7-6-10-16(17)18)24(21,22)15-8-4-3-5-9-15/h3-11,14H,12-13H2,1-2H3. The summed E-state index contributed by atoms with van der Waals surface area (Å²) in [5.74, 6) is 0.576. The number of rotatable bonds is 6. The van der Waals surface area contributed by atoms with Crippen LogP contribution < -0.4 is 4.74 Å². The van der Waals surface area contributed by atoms with Gasteiger partial charge in [0.1, 0.15) is 12.4 Å². The molecule has 0 aliphatic carbocycles. The fourth-order valence-corrected chi connectivity index (χ4v) is 3.86. The summed E-state index contributed by atoms with van der Waals surface area (Å²) in [6.45, 7) is 1.25. The predicted molar refractivity (Wildman–Crippen MR) is 95.0 cm³/mol. The van der Waals surface area contributed by atoms with Gasteiger partial charge in [-0.3, -0.25) is 0 Å². The Morgan fingerprint density at radius 2 is 1.67 bits per heavy atom. The van der Waals surface area contributed by atoms with Crippen LogP contribution in [0.15, 0.2) is 65.7 Å². The average molecular weight is 344 g/mol. The van der Waals surface area contributed by atoms with Gasteiger partial charge >= 0.3 is 0 Å². The van der Waals surface area contributed by atoms with Crippen LogP contribution in [-0.2, 0) is 10.0 Å². The lowest BCUT2D eigenvalue weighted by Gasteiger charge is -2.10. The molecule has 126 valence electrons. The van der Waals surface area contributed by atoms with E-state index in [9.17, 15) is 8.42 Å². The van der Waals surface area contributed by atoms with Gasteiger partial charge in [-0.15, -0.1) is 0 Å². The van der Waals surface area contributed by atoms with Crippen molar-refractivity contribution in [3.63, 3.8) is 0 Å². The van der Waals surface area contributed by atoms with Gasteiger partial charge in [-0.05, 0) is 38.4 Å². The first kappa shape index (κ1) is 16.5. The Balaban J connectivity index is 2.06. The van der Waals surface area contributed by atoms with Gasteiger partial charge in [0.05, 0.1) is 16.6 Å². The number of hydrogen-bond acceptors (Lipinski definition) is 4. The molecule has 5 nitrogen and oxygen atoms in total. The fourth-order valence-electron chi connectivity index (χ4n) is 2.48. The van der Waals surface area contributed by atoms with Gasteiger partial charge in [-0.1, -0.05) is 30.3 Å². The molecule has 0 unspecified atom stereocenters. The second kappa shape index (κ2) is 6.67. The molecule has 0 bridgehead atoms. The Hall–Kier alpha value is -2.31. The number of benzene rings is 2. The Kier molecular flexibility index (Phi) is 4.59. The summed E-state index contributed by atoms with van der Waals surface area (Å²) in [6, 6.07) is 15.8. The minimum atomic E-state index is -3.66. The summed E-state index contributed by atoms with van der Waals surface area (Å²) in [5, 5.41) is 0.788. The second-order valence-corrected chi connectivity index (χ2v) is 7.59. The van der Waals surface area contributed by atoms with E-state index in [1.54, 1.807) is 42.6 Å². The van der Waals surface area contributed by atoms with Gasteiger partial charge in [-0.25, -0.2) is 12.4 Å². The van der Waals surface area contributed by atoms with Crippen LogP contribution >= 0.6 is 0 Å². The molecule has 3 rings (SSSR count). The number of fused-ring (bicyclic) bond motifs is 1. The second-order valence-electron chi connectivity index (χ2n) is 5.78. The molecule has 0 radical (unpaired) electrons. The lowest BCUT2D eigenvalue weighted by atomic mass is 10.2. The number of ether oxygens (including phenoxy) is 1. The molecule has 0 saturated carbocycles. The lowest BCUT2D eigenvalue weighted by Crippen LogP contribution is -2.19. The van der Waals surface area contributed by atoms with Crippen LogP contribution in [0.2, 0.25) is 0 Å². The van der Waals surface area contributed by atoms with E-state index in [4.69, 9.17) is 4.74 Å². The molecule has 0 atom stereocenters. The average Bonchev–Trinajstić information content (AvgIpc) is 2.95. The number of nitrogens with zero attached hydrogens (tertiary/aromatic N) is 2. The van der Waals surface area contributed by atoms with Crippen molar-refractivity contribution in [2.75, 3.05) is 27.2 Å². The van der Waals surface area contributed by atoms with E-state index in [1.807, 2.05) is 37.2 Å². The van der Waals surface area contributed by atoms with Gasteiger partial charge in [0.2, 0.25) is 0 Å². The van der Waals surface area contributed by atoms with Crippen LogP contribution in [0.5, 0.6) is 5.75 Å². The third kappa shape index (κ3) is 3.16. The van der Waals surface area contributed by atoms with E-state index < -0.39 is 10.0 Å². The summed E-state index contributed by atoms with van der Waals surface area (Å²) in [5.41, 5.74) is 0.612. The van der Waals surface area contributed by atoms with Crippen molar-refractivity contribution >= 4 is 20.9 Å². The zero-order valence-electron chi connectivity index (χ0n) is 13.7. The van der Waals surface area contributed by atoms with Crippen molar-refractivity contribution in [1.29, 1.82) is 0 Å². The van der Waals surface area contributed by atoms with Gasteiger partial charge in [0, 0.05) is 11.9 Å². The molecule has 2 aromatic carbocycles. The monoisotopic (exact) mass is 344 g/mol. The predicted octanol–water partition coefficient (Wildman–Crippen LogP) is 2.82. The first-order valence-corrected chi connectivity index (χ1v) is 9.12. The molecule has 1 aromatic heterocycles. The molecule has 3 aromatic rings. The molecule has 1 heterocycles. The molecule has 0 saturated heterocycles. The topological polar surface area (TPSA) is 51.5 Å². The molecule has 0 spiro atoms. The fraction of sp³-hybridized carbons (Fsp3) is 0.222. The smallest absolute Gasteiger partial charge is 0.268 e. The first-order valence-electron chi connectivity index (χ1n) is 7.68. The first-order chi connectivity index (χ1) is 11.5. The normalized spacial score (nSPS) is 12.0. The van der Waals surface area contributed by atoms with E-state index in [0.717, 1.165) is 11.9 Å². The number of likely N-dealkylation sites (N-methyl/N-ethyl adjacent to an activating group) is 1. The minimum absolute atomic E-state index is 0.255. The number of aromatic nitrogens is 1. The maximum absolute atomic E-state index is 12.9. The Morgan fingerprint density at radius 1 is 1.00 bits per heavy atom. The van der Waals surface area contributed by atoms with Crippen molar-refractivity contribution in [3.8, 4) is 5.75 Å². The Labute approximate surface area is 142 Å². The Morgan fingerprint density at radius 3 is 2.38 bits per heavy atom. The summed E-state index contributed by atoms with van der Waals surface area (Å²) in [7, 11) is 0.270. The largest absolute Gasteiger partial charge is 0.490 e. The molecule has 6 heteroatoms. The van der Waals surface area contributed by atoms with E-state index in [2.05, 4.69) is 0 Å². The van der Waals surface area contributed by atoms with Gasteiger partial charge < -0.3 is 9.64 Å². The summed E-state index contributed by atoms with van der Waals surface area (Å²) in [6.07, 6.45) is 1.56. The zero-order chi connectivity index (χ0) is 17.2. The highest BCUT2D eigenvalue weighted by Crippen LogP contribution is 2.31. The maximum atomic E-state index is 12.9. The highest BCUT2D eigenvalue weighted by atomic mass is 32.2.